The van der Waals surface area contributed by atoms with Gasteiger partial charge in [-0.2, -0.15) is 0 Å². The summed E-state index contributed by atoms with van der Waals surface area (Å²) in [6.07, 6.45) is 1.64. The predicted octanol–water partition coefficient (Wildman–Crippen LogP) is 0.929. The second kappa shape index (κ2) is 6.25. The van der Waals surface area contributed by atoms with Crippen molar-refractivity contribution in [2.24, 2.45) is 5.73 Å². The van der Waals surface area contributed by atoms with Gasteiger partial charge in [-0.3, -0.25) is 4.79 Å². The van der Waals surface area contributed by atoms with Crippen molar-refractivity contribution in [1.82, 2.24) is 15.0 Å². The summed E-state index contributed by atoms with van der Waals surface area (Å²) in [6.45, 7) is 2.69. The maximum atomic E-state index is 12.9. The number of carbonyl (C=O) groups is 1. The highest BCUT2D eigenvalue weighted by Gasteiger charge is 2.15. The van der Waals surface area contributed by atoms with E-state index in [1.807, 2.05) is 6.92 Å². The number of amides is 1. The summed E-state index contributed by atoms with van der Waals surface area (Å²) in [5.41, 5.74) is 6.72. The highest BCUT2D eigenvalue weighted by Crippen LogP contribution is 2.15. The van der Waals surface area contributed by atoms with Crippen LogP contribution in [0.5, 0.6) is 0 Å². The van der Waals surface area contributed by atoms with Crippen molar-refractivity contribution in [2.75, 3.05) is 11.4 Å². The fraction of sp³-hybridized carbons (Fsp3) is 0.308. The number of anilines is 1. The van der Waals surface area contributed by atoms with Crippen LogP contribution in [-0.2, 0) is 17.9 Å². The van der Waals surface area contributed by atoms with E-state index in [0.717, 1.165) is 0 Å². The van der Waals surface area contributed by atoms with Crippen molar-refractivity contribution in [3.05, 3.63) is 42.0 Å². The molecule has 0 radical (unpaired) electrons. The van der Waals surface area contributed by atoms with Gasteiger partial charge in [-0.25, -0.2) is 9.07 Å². The summed E-state index contributed by atoms with van der Waals surface area (Å²) < 4.78 is 14.3. The SMILES string of the molecule is CCN(C(=O)Cn1cc(CN)nn1)c1ccc(F)cc1. The quantitative estimate of drug-likeness (QED) is 0.882. The van der Waals surface area contributed by atoms with Gasteiger partial charge in [0.05, 0.1) is 11.9 Å². The van der Waals surface area contributed by atoms with Gasteiger partial charge in [-0.05, 0) is 31.2 Å². The molecule has 1 aromatic carbocycles. The van der Waals surface area contributed by atoms with Crippen molar-refractivity contribution in [2.45, 2.75) is 20.0 Å². The van der Waals surface area contributed by atoms with Crippen LogP contribution in [0.15, 0.2) is 30.5 Å². The van der Waals surface area contributed by atoms with Crippen LogP contribution in [0.1, 0.15) is 12.6 Å². The molecule has 0 unspecified atom stereocenters. The van der Waals surface area contributed by atoms with E-state index in [9.17, 15) is 9.18 Å². The molecule has 0 fully saturated rings. The Morgan fingerprint density at radius 3 is 2.65 bits per heavy atom. The second-order valence-electron chi connectivity index (χ2n) is 4.23. The van der Waals surface area contributed by atoms with Crippen LogP contribution < -0.4 is 10.6 Å². The highest BCUT2D eigenvalue weighted by molar-refractivity contribution is 5.93. The largest absolute Gasteiger partial charge is 0.325 e. The summed E-state index contributed by atoms with van der Waals surface area (Å²) >= 11 is 0. The maximum absolute atomic E-state index is 12.9. The smallest absolute Gasteiger partial charge is 0.248 e. The Morgan fingerprint density at radius 2 is 2.10 bits per heavy atom. The number of carbonyl (C=O) groups excluding carboxylic acids is 1. The fourth-order valence-electron chi connectivity index (χ4n) is 1.86. The lowest BCUT2D eigenvalue weighted by Crippen LogP contribution is -2.33. The fourth-order valence-corrected chi connectivity index (χ4v) is 1.86. The number of hydrogen-bond acceptors (Lipinski definition) is 4. The zero-order valence-corrected chi connectivity index (χ0v) is 11.2. The van der Waals surface area contributed by atoms with Crippen LogP contribution in [0.4, 0.5) is 10.1 Å². The molecule has 0 aliphatic rings. The Balaban J connectivity index is 2.10. The molecular formula is C13H16FN5O. The minimum absolute atomic E-state index is 0.0677. The van der Waals surface area contributed by atoms with Gasteiger partial charge < -0.3 is 10.6 Å². The van der Waals surface area contributed by atoms with Crippen LogP contribution in [0.25, 0.3) is 0 Å². The molecule has 1 aromatic heterocycles. The zero-order valence-electron chi connectivity index (χ0n) is 11.2. The van der Waals surface area contributed by atoms with Gasteiger partial charge in [0.15, 0.2) is 0 Å². The van der Waals surface area contributed by atoms with E-state index in [1.54, 1.807) is 23.2 Å². The van der Waals surface area contributed by atoms with Crippen molar-refractivity contribution in [1.29, 1.82) is 0 Å². The molecule has 2 N–H and O–H groups in total. The number of hydrogen-bond donors (Lipinski definition) is 1. The van der Waals surface area contributed by atoms with Crippen molar-refractivity contribution >= 4 is 11.6 Å². The van der Waals surface area contributed by atoms with Crippen LogP contribution in [0.2, 0.25) is 0 Å². The molecule has 0 spiro atoms. The minimum Gasteiger partial charge on any atom is -0.325 e. The number of nitrogens with two attached hydrogens (primary N) is 1. The molecule has 1 heterocycles. The van der Waals surface area contributed by atoms with E-state index in [4.69, 9.17) is 5.73 Å². The normalized spacial score (nSPS) is 10.6. The van der Waals surface area contributed by atoms with Crippen LogP contribution in [0, 0.1) is 5.82 Å². The first-order chi connectivity index (χ1) is 9.63. The number of nitrogens with zero attached hydrogens (tertiary/aromatic N) is 4. The lowest BCUT2D eigenvalue weighted by molar-refractivity contribution is -0.119. The Morgan fingerprint density at radius 1 is 1.40 bits per heavy atom. The molecule has 106 valence electrons. The minimum atomic E-state index is -0.332. The first-order valence-corrected chi connectivity index (χ1v) is 6.29. The molecule has 0 aliphatic carbocycles. The number of aromatic nitrogens is 3. The van der Waals surface area contributed by atoms with Crippen LogP contribution >= 0.6 is 0 Å². The first-order valence-electron chi connectivity index (χ1n) is 6.29. The van der Waals surface area contributed by atoms with Gasteiger partial charge in [-0.1, -0.05) is 5.21 Å². The Kier molecular flexibility index (Phi) is 4.41. The molecule has 0 saturated heterocycles. The monoisotopic (exact) mass is 277 g/mol. The summed E-state index contributed by atoms with van der Waals surface area (Å²) in [5, 5.41) is 7.66. The topological polar surface area (TPSA) is 77.0 Å². The molecule has 0 atom stereocenters. The van der Waals surface area contributed by atoms with Gasteiger partial charge >= 0.3 is 0 Å². The molecule has 2 aromatic rings. The molecular weight excluding hydrogens is 261 g/mol. The van der Waals surface area contributed by atoms with Gasteiger partial charge in [-0.15, -0.1) is 5.10 Å². The molecule has 7 heteroatoms. The van der Waals surface area contributed by atoms with Crippen molar-refractivity contribution < 1.29 is 9.18 Å². The van der Waals surface area contributed by atoms with E-state index in [0.29, 0.717) is 17.9 Å². The second-order valence-corrected chi connectivity index (χ2v) is 4.23. The molecule has 20 heavy (non-hydrogen) atoms. The van der Waals surface area contributed by atoms with Gasteiger partial charge in [0.2, 0.25) is 5.91 Å². The third kappa shape index (κ3) is 3.18. The maximum Gasteiger partial charge on any atom is 0.248 e. The van der Waals surface area contributed by atoms with Gasteiger partial charge in [0, 0.05) is 18.8 Å². The molecule has 1 amide bonds. The number of benzene rings is 1. The van der Waals surface area contributed by atoms with E-state index in [2.05, 4.69) is 10.3 Å². The van der Waals surface area contributed by atoms with E-state index in [1.165, 1.54) is 16.8 Å². The van der Waals surface area contributed by atoms with Gasteiger partial charge in [0.1, 0.15) is 12.4 Å². The first kappa shape index (κ1) is 14.1. The van der Waals surface area contributed by atoms with E-state index >= 15 is 0 Å². The predicted molar refractivity (Wildman–Crippen MR) is 72.3 cm³/mol. The summed E-state index contributed by atoms with van der Waals surface area (Å²) in [7, 11) is 0. The highest BCUT2D eigenvalue weighted by atomic mass is 19.1. The molecule has 6 nitrogen and oxygen atoms in total. The summed E-state index contributed by atoms with van der Waals surface area (Å²) in [5.74, 6) is -0.478. The Hall–Kier alpha value is -2.28. The van der Waals surface area contributed by atoms with Crippen LogP contribution in [-0.4, -0.2) is 27.4 Å². The van der Waals surface area contributed by atoms with E-state index in [-0.39, 0.29) is 24.8 Å². The number of halogens is 1. The van der Waals surface area contributed by atoms with Crippen molar-refractivity contribution in [3.63, 3.8) is 0 Å². The third-order valence-electron chi connectivity index (χ3n) is 2.85. The average Bonchev–Trinajstić information content (AvgIpc) is 2.89. The Labute approximate surface area is 116 Å². The lowest BCUT2D eigenvalue weighted by Gasteiger charge is -2.20. The zero-order chi connectivity index (χ0) is 14.5. The summed E-state index contributed by atoms with van der Waals surface area (Å²) in [6, 6.07) is 5.80. The number of likely N-dealkylation sites (N-methyl/N-ethyl adjacent to an activating group) is 1. The molecule has 2 rings (SSSR count). The summed E-state index contributed by atoms with van der Waals surface area (Å²) in [4.78, 5) is 13.8. The van der Waals surface area contributed by atoms with Gasteiger partial charge in [0.25, 0.3) is 0 Å². The lowest BCUT2D eigenvalue weighted by atomic mass is 10.2. The molecule has 0 bridgehead atoms. The van der Waals surface area contributed by atoms with E-state index < -0.39 is 0 Å². The molecule has 0 saturated carbocycles. The Bertz CT molecular complexity index is 581. The average molecular weight is 277 g/mol. The standard InChI is InChI=1S/C13H16FN5O/c1-2-19(12-5-3-10(14)4-6-12)13(20)9-18-8-11(7-15)16-17-18/h3-6,8H,2,7,9,15H2,1H3. The third-order valence-corrected chi connectivity index (χ3v) is 2.85. The van der Waals surface area contributed by atoms with Crippen LogP contribution in [0.3, 0.4) is 0 Å². The number of rotatable bonds is 5. The molecule has 0 aliphatic heterocycles. The van der Waals surface area contributed by atoms with Crippen molar-refractivity contribution in [3.8, 4) is 0 Å².